The van der Waals surface area contributed by atoms with E-state index in [1.165, 1.54) is 22.4 Å². The minimum absolute atomic E-state index is 0.223. The van der Waals surface area contributed by atoms with E-state index in [9.17, 15) is 4.79 Å². The predicted molar refractivity (Wildman–Crippen MR) is 115 cm³/mol. The van der Waals surface area contributed by atoms with Crippen molar-refractivity contribution in [3.63, 3.8) is 0 Å². The van der Waals surface area contributed by atoms with Gasteiger partial charge < -0.3 is 24.0 Å². The molecular weight excluding hydrogens is 368 g/mol. The Morgan fingerprint density at radius 3 is 2.66 bits per heavy atom. The van der Waals surface area contributed by atoms with E-state index in [0.717, 1.165) is 38.3 Å². The van der Waals surface area contributed by atoms with E-state index in [1.807, 2.05) is 25.7 Å². The van der Waals surface area contributed by atoms with Crippen LogP contribution in [0.2, 0.25) is 0 Å². The number of fused-ring (bicyclic) bond motifs is 2. The van der Waals surface area contributed by atoms with Gasteiger partial charge >= 0.3 is 6.09 Å². The van der Waals surface area contributed by atoms with Gasteiger partial charge in [0.2, 0.25) is 0 Å². The van der Waals surface area contributed by atoms with E-state index in [2.05, 4.69) is 24.8 Å². The van der Waals surface area contributed by atoms with Crippen molar-refractivity contribution in [1.29, 1.82) is 0 Å². The third kappa shape index (κ3) is 5.16. The number of rotatable bonds is 4. The second-order valence-electron chi connectivity index (χ2n) is 9.31. The fourth-order valence-corrected chi connectivity index (χ4v) is 4.35. The van der Waals surface area contributed by atoms with Crippen molar-refractivity contribution in [3.8, 4) is 5.75 Å². The standard InChI is InChI=1S/C23H36N2O4/c1-16(15-27-6)14-25-11-12-28-20-13-18-7-9-24(22(26)29-23(3,4)5)10-8-19(18)17(2)21(20)25/h13,16H,7-12,14-15H2,1-6H3/t16-/m1/s1. The predicted octanol–water partition coefficient (Wildman–Crippen LogP) is 3.81. The van der Waals surface area contributed by atoms with Gasteiger partial charge in [0.05, 0.1) is 18.8 Å². The highest BCUT2D eigenvalue weighted by atomic mass is 16.6. The van der Waals surface area contributed by atoms with E-state index in [0.29, 0.717) is 25.6 Å². The maximum atomic E-state index is 12.6. The molecule has 2 aliphatic heterocycles. The maximum Gasteiger partial charge on any atom is 0.410 e. The fraction of sp³-hybridized carbons (Fsp3) is 0.696. The summed E-state index contributed by atoms with van der Waals surface area (Å²) in [5.74, 6) is 1.43. The van der Waals surface area contributed by atoms with Crippen molar-refractivity contribution >= 4 is 11.8 Å². The molecule has 2 heterocycles. The van der Waals surface area contributed by atoms with Gasteiger partial charge in [-0.25, -0.2) is 4.79 Å². The molecule has 0 aromatic heterocycles. The van der Waals surface area contributed by atoms with E-state index in [4.69, 9.17) is 14.2 Å². The molecule has 1 amide bonds. The first kappa shape index (κ1) is 21.8. The molecule has 0 N–H and O–H groups in total. The van der Waals surface area contributed by atoms with Gasteiger partial charge in [-0.2, -0.15) is 0 Å². The molecule has 0 saturated carbocycles. The molecule has 2 aliphatic rings. The number of benzene rings is 1. The molecule has 0 saturated heterocycles. The summed E-state index contributed by atoms with van der Waals surface area (Å²) in [4.78, 5) is 16.8. The summed E-state index contributed by atoms with van der Waals surface area (Å²) >= 11 is 0. The first-order valence-corrected chi connectivity index (χ1v) is 10.7. The van der Waals surface area contributed by atoms with Gasteiger partial charge in [0.1, 0.15) is 18.0 Å². The van der Waals surface area contributed by atoms with Crippen LogP contribution in [0.15, 0.2) is 6.07 Å². The van der Waals surface area contributed by atoms with E-state index < -0.39 is 5.60 Å². The van der Waals surface area contributed by atoms with Crippen LogP contribution in [-0.2, 0) is 22.3 Å². The van der Waals surface area contributed by atoms with Gasteiger partial charge in [-0.15, -0.1) is 0 Å². The Labute approximate surface area is 175 Å². The SMILES string of the molecule is COC[C@H](C)CN1CCOc2cc3c(c(C)c21)CCN(C(=O)OC(C)(C)C)CC3. The molecule has 162 valence electrons. The zero-order chi connectivity index (χ0) is 21.2. The monoisotopic (exact) mass is 404 g/mol. The van der Waals surface area contributed by atoms with Crippen LogP contribution in [0.3, 0.4) is 0 Å². The molecule has 6 nitrogen and oxygen atoms in total. The summed E-state index contributed by atoms with van der Waals surface area (Å²) in [6, 6.07) is 2.20. The van der Waals surface area contributed by atoms with Gasteiger partial charge in [-0.3, -0.25) is 0 Å². The Morgan fingerprint density at radius 1 is 1.24 bits per heavy atom. The Bertz CT molecular complexity index is 741. The minimum atomic E-state index is -0.474. The molecule has 0 fully saturated rings. The first-order chi connectivity index (χ1) is 13.7. The summed E-state index contributed by atoms with van der Waals surface area (Å²) < 4.78 is 17.0. The van der Waals surface area contributed by atoms with Gasteiger partial charge in [0.15, 0.2) is 0 Å². The lowest BCUT2D eigenvalue weighted by atomic mass is 9.94. The number of carbonyl (C=O) groups is 1. The fourth-order valence-electron chi connectivity index (χ4n) is 4.35. The van der Waals surface area contributed by atoms with Crippen molar-refractivity contribution in [2.24, 2.45) is 5.92 Å². The lowest BCUT2D eigenvalue weighted by molar-refractivity contribution is 0.0258. The summed E-state index contributed by atoms with van der Waals surface area (Å²) in [7, 11) is 1.76. The van der Waals surface area contributed by atoms with E-state index in [-0.39, 0.29) is 6.09 Å². The van der Waals surface area contributed by atoms with Crippen molar-refractivity contribution in [2.45, 2.75) is 53.1 Å². The summed E-state index contributed by atoms with van der Waals surface area (Å²) in [6.45, 7) is 14.8. The Balaban J connectivity index is 1.82. The number of nitrogens with zero attached hydrogens (tertiary/aromatic N) is 2. The number of anilines is 1. The number of ether oxygens (including phenoxy) is 3. The molecular formula is C23H36N2O4. The van der Waals surface area contributed by atoms with Crippen LogP contribution in [0, 0.1) is 12.8 Å². The molecule has 6 heteroatoms. The van der Waals surface area contributed by atoms with E-state index >= 15 is 0 Å². The Morgan fingerprint density at radius 2 is 1.97 bits per heavy atom. The number of hydrogen-bond donors (Lipinski definition) is 0. The molecule has 1 aromatic carbocycles. The van der Waals surface area contributed by atoms with Crippen LogP contribution in [0.1, 0.15) is 44.4 Å². The van der Waals surface area contributed by atoms with Crippen LogP contribution in [0.25, 0.3) is 0 Å². The second-order valence-corrected chi connectivity index (χ2v) is 9.31. The largest absolute Gasteiger partial charge is 0.490 e. The Hall–Kier alpha value is -1.95. The lowest BCUT2D eigenvalue weighted by Crippen LogP contribution is -2.38. The van der Waals surface area contributed by atoms with Gasteiger partial charge in [0, 0.05) is 26.7 Å². The lowest BCUT2D eigenvalue weighted by Gasteiger charge is -2.35. The van der Waals surface area contributed by atoms with Crippen LogP contribution >= 0.6 is 0 Å². The van der Waals surface area contributed by atoms with Crippen LogP contribution in [-0.4, -0.2) is 63.1 Å². The van der Waals surface area contributed by atoms with Gasteiger partial charge in [0.25, 0.3) is 0 Å². The van der Waals surface area contributed by atoms with Crippen molar-refractivity contribution in [2.75, 3.05) is 51.4 Å². The minimum Gasteiger partial charge on any atom is -0.490 e. The molecule has 0 spiro atoms. The number of methoxy groups -OCH3 is 1. The van der Waals surface area contributed by atoms with E-state index in [1.54, 1.807) is 7.11 Å². The van der Waals surface area contributed by atoms with Crippen molar-refractivity contribution in [3.05, 3.63) is 22.8 Å². The molecule has 0 aliphatic carbocycles. The van der Waals surface area contributed by atoms with Gasteiger partial charge in [-0.05, 0) is 69.2 Å². The highest BCUT2D eigenvalue weighted by molar-refractivity contribution is 5.71. The first-order valence-electron chi connectivity index (χ1n) is 10.7. The zero-order valence-electron chi connectivity index (χ0n) is 18.8. The third-order valence-corrected chi connectivity index (χ3v) is 5.59. The van der Waals surface area contributed by atoms with Crippen molar-refractivity contribution in [1.82, 2.24) is 4.90 Å². The average Bonchev–Trinajstić information content (AvgIpc) is 2.83. The molecule has 1 atom stereocenters. The topological polar surface area (TPSA) is 51.2 Å². The Kier molecular flexibility index (Phi) is 6.62. The summed E-state index contributed by atoms with van der Waals surface area (Å²) in [6.07, 6.45) is 1.44. The molecule has 0 radical (unpaired) electrons. The van der Waals surface area contributed by atoms with Crippen LogP contribution in [0.5, 0.6) is 5.75 Å². The third-order valence-electron chi connectivity index (χ3n) is 5.59. The summed E-state index contributed by atoms with van der Waals surface area (Å²) in [5, 5.41) is 0. The molecule has 1 aromatic rings. The van der Waals surface area contributed by atoms with Gasteiger partial charge in [-0.1, -0.05) is 6.92 Å². The smallest absolute Gasteiger partial charge is 0.410 e. The molecule has 3 rings (SSSR count). The van der Waals surface area contributed by atoms with Crippen LogP contribution in [0.4, 0.5) is 10.5 Å². The normalized spacial score (nSPS) is 17.7. The maximum absolute atomic E-state index is 12.6. The number of carbonyl (C=O) groups excluding carboxylic acids is 1. The van der Waals surface area contributed by atoms with Crippen LogP contribution < -0.4 is 9.64 Å². The molecule has 0 bridgehead atoms. The molecule has 0 unspecified atom stereocenters. The molecule has 29 heavy (non-hydrogen) atoms. The summed E-state index contributed by atoms with van der Waals surface area (Å²) in [5.41, 5.74) is 4.67. The van der Waals surface area contributed by atoms with Crippen molar-refractivity contribution < 1.29 is 19.0 Å². The number of amides is 1. The average molecular weight is 405 g/mol. The quantitative estimate of drug-likeness (QED) is 0.764. The second kappa shape index (κ2) is 8.82. The highest BCUT2D eigenvalue weighted by Crippen LogP contribution is 2.40. The number of hydrogen-bond acceptors (Lipinski definition) is 5. The zero-order valence-corrected chi connectivity index (χ0v) is 18.8. The highest BCUT2D eigenvalue weighted by Gasteiger charge is 2.29.